The molecule has 4 heteroatoms. The smallest absolute Gasteiger partial charge is 0.131 e. The van der Waals surface area contributed by atoms with Crippen LogP contribution in [0.25, 0.3) is 11.6 Å². The Labute approximate surface area is 150 Å². The SMILES string of the molecule is N#C/C(=C/c1ccc(OCc2cccc(F)c2)cc1)c1ccccc1F. The van der Waals surface area contributed by atoms with Crippen molar-refractivity contribution in [2.75, 3.05) is 0 Å². The summed E-state index contributed by atoms with van der Waals surface area (Å²) < 4.78 is 32.6. The minimum Gasteiger partial charge on any atom is -0.489 e. The molecule has 2 nitrogen and oxygen atoms in total. The third-order valence-corrected chi connectivity index (χ3v) is 3.77. The molecule has 0 saturated heterocycles. The fourth-order valence-electron chi connectivity index (χ4n) is 2.47. The van der Waals surface area contributed by atoms with E-state index in [0.29, 0.717) is 5.75 Å². The van der Waals surface area contributed by atoms with Gasteiger partial charge in [0.25, 0.3) is 0 Å². The molecule has 0 radical (unpaired) electrons. The number of nitrogens with zero attached hydrogens (tertiary/aromatic N) is 1. The van der Waals surface area contributed by atoms with E-state index in [0.717, 1.165) is 11.1 Å². The van der Waals surface area contributed by atoms with Crippen LogP contribution in [-0.2, 0) is 6.61 Å². The van der Waals surface area contributed by atoms with Crippen molar-refractivity contribution < 1.29 is 13.5 Å². The first kappa shape index (κ1) is 17.4. The molecule has 0 atom stereocenters. The van der Waals surface area contributed by atoms with Crippen LogP contribution in [0.15, 0.2) is 72.8 Å². The molecule has 0 aliphatic heterocycles. The molecule has 26 heavy (non-hydrogen) atoms. The number of allylic oxidation sites excluding steroid dienone is 1. The van der Waals surface area contributed by atoms with E-state index in [2.05, 4.69) is 0 Å². The van der Waals surface area contributed by atoms with E-state index in [1.54, 1.807) is 60.7 Å². The lowest BCUT2D eigenvalue weighted by Gasteiger charge is -2.07. The zero-order valence-electron chi connectivity index (χ0n) is 13.8. The maximum Gasteiger partial charge on any atom is 0.131 e. The molecular weight excluding hydrogens is 332 g/mol. The van der Waals surface area contributed by atoms with Crippen LogP contribution >= 0.6 is 0 Å². The standard InChI is InChI=1S/C22H15F2NO/c23-19-5-3-4-17(13-19)15-26-20-10-8-16(9-11-20)12-18(14-25)21-6-1-2-7-22(21)24/h1-13H,15H2/b18-12-. The monoisotopic (exact) mass is 347 g/mol. The molecule has 0 unspecified atom stereocenters. The number of rotatable bonds is 5. The van der Waals surface area contributed by atoms with Crippen molar-refractivity contribution in [1.82, 2.24) is 0 Å². The van der Waals surface area contributed by atoms with Crippen molar-refractivity contribution in [3.8, 4) is 11.8 Å². The van der Waals surface area contributed by atoms with Crippen LogP contribution in [0.3, 0.4) is 0 Å². The average Bonchev–Trinajstić information content (AvgIpc) is 2.66. The minimum atomic E-state index is -0.435. The van der Waals surface area contributed by atoms with Gasteiger partial charge in [0.15, 0.2) is 0 Å². The van der Waals surface area contributed by atoms with Gasteiger partial charge in [-0.3, -0.25) is 0 Å². The summed E-state index contributed by atoms with van der Waals surface area (Å²) in [6.45, 7) is 0.256. The molecule has 0 N–H and O–H groups in total. The van der Waals surface area contributed by atoms with Crippen LogP contribution in [0.4, 0.5) is 8.78 Å². The lowest BCUT2D eigenvalue weighted by atomic mass is 10.0. The predicted molar refractivity (Wildman–Crippen MR) is 97.1 cm³/mol. The summed E-state index contributed by atoms with van der Waals surface area (Å²) in [6.07, 6.45) is 1.62. The third-order valence-electron chi connectivity index (χ3n) is 3.77. The van der Waals surface area contributed by atoms with Gasteiger partial charge in [-0.15, -0.1) is 0 Å². The Morgan fingerprint density at radius 3 is 2.42 bits per heavy atom. The van der Waals surface area contributed by atoms with Gasteiger partial charge < -0.3 is 4.74 Å². The summed E-state index contributed by atoms with van der Waals surface area (Å²) in [5.74, 6) is -0.116. The summed E-state index contributed by atoms with van der Waals surface area (Å²) in [6, 6.07) is 21.5. The molecule has 3 aromatic rings. The van der Waals surface area contributed by atoms with Crippen molar-refractivity contribution in [2.45, 2.75) is 6.61 Å². The van der Waals surface area contributed by atoms with Gasteiger partial charge in [0.05, 0.1) is 11.6 Å². The number of nitriles is 1. The Kier molecular flexibility index (Phi) is 5.40. The highest BCUT2D eigenvalue weighted by Crippen LogP contribution is 2.22. The first-order valence-electron chi connectivity index (χ1n) is 8.00. The molecule has 0 amide bonds. The largest absolute Gasteiger partial charge is 0.489 e. The third kappa shape index (κ3) is 4.34. The van der Waals surface area contributed by atoms with E-state index in [4.69, 9.17) is 4.74 Å². The highest BCUT2D eigenvalue weighted by atomic mass is 19.1. The van der Waals surface area contributed by atoms with Gasteiger partial charge in [0.2, 0.25) is 0 Å². The Hall–Kier alpha value is -3.45. The van der Waals surface area contributed by atoms with Gasteiger partial charge in [-0.1, -0.05) is 42.5 Å². The Bertz CT molecular complexity index is 972. The van der Waals surface area contributed by atoms with Crippen LogP contribution in [0.2, 0.25) is 0 Å². The van der Waals surface area contributed by atoms with Crippen LogP contribution in [0, 0.1) is 23.0 Å². The normalized spacial score (nSPS) is 11.0. The molecule has 3 rings (SSSR count). The lowest BCUT2D eigenvalue weighted by Crippen LogP contribution is -1.95. The molecule has 128 valence electrons. The van der Waals surface area contributed by atoms with E-state index < -0.39 is 5.82 Å². The van der Waals surface area contributed by atoms with Gasteiger partial charge in [-0.05, 0) is 47.5 Å². The predicted octanol–water partition coefficient (Wildman–Crippen LogP) is 5.61. The van der Waals surface area contributed by atoms with Crippen molar-refractivity contribution in [3.63, 3.8) is 0 Å². The van der Waals surface area contributed by atoms with Gasteiger partial charge in [-0.2, -0.15) is 5.26 Å². The second kappa shape index (κ2) is 8.09. The maximum atomic E-state index is 13.8. The zero-order chi connectivity index (χ0) is 18.4. The van der Waals surface area contributed by atoms with Gasteiger partial charge in [-0.25, -0.2) is 8.78 Å². The second-order valence-electron chi connectivity index (χ2n) is 5.64. The first-order valence-corrected chi connectivity index (χ1v) is 8.00. The van der Waals surface area contributed by atoms with Crippen LogP contribution in [0.1, 0.15) is 16.7 Å². The highest BCUT2D eigenvalue weighted by molar-refractivity contribution is 5.89. The van der Waals surface area contributed by atoms with E-state index in [-0.39, 0.29) is 23.6 Å². The maximum absolute atomic E-state index is 13.8. The van der Waals surface area contributed by atoms with Crippen molar-refractivity contribution in [2.24, 2.45) is 0 Å². The van der Waals surface area contributed by atoms with E-state index in [1.165, 1.54) is 18.2 Å². The van der Waals surface area contributed by atoms with Crippen molar-refractivity contribution in [3.05, 3.63) is 101 Å². The summed E-state index contributed by atoms with van der Waals surface area (Å²) in [7, 11) is 0. The van der Waals surface area contributed by atoms with E-state index >= 15 is 0 Å². The number of hydrogen-bond donors (Lipinski definition) is 0. The number of halogens is 2. The van der Waals surface area contributed by atoms with E-state index in [9.17, 15) is 14.0 Å². The van der Waals surface area contributed by atoms with Gasteiger partial charge in [0, 0.05) is 5.56 Å². The number of benzene rings is 3. The average molecular weight is 347 g/mol. The summed E-state index contributed by atoms with van der Waals surface area (Å²) >= 11 is 0. The Morgan fingerprint density at radius 1 is 0.962 bits per heavy atom. The molecule has 0 aliphatic carbocycles. The Balaban J connectivity index is 1.73. The topological polar surface area (TPSA) is 33.0 Å². The van der Waals surface area contributed by atoms with Crippen LogP contribution in [0.5, 0.6) is 5.75 Å². The van der Waals surface area contributed by atoms with Crippen molar-refractivity contribution in [1.29, 1.82) is 5.26 Å². The zero-order valence-corrected chi connectivity index (χ0v) is 13.8. The van der Waals surface area contributed by atoms with Gasteiger partial charge >= 0.3 is 0 Å². The lowest BCUT2D eigenvalue weighted by molar-refractivity contribution is 0.305. The Morgan fingerprint density at radius 2 is 1.73 bits per heavy atom. The number of ether oxygens (including phenoxy) is 1. The first-order chi connectivity index (χ1) is 12.7. The molecule has 0 heterocycles. The molecule has 0 spiro atoms. The van der Waals surface area contributed by atoms with E-state index in [1.807, 2.05) is 6.07 Å². The molecule has 3 aromatic carbocycles. The minimum absolute atomic E-state index is 0.247. The fourth-order valence-corrected chi connectivity index (χ4v) is 2.47. The molecule has 0 aromatic heterocycles. The van der Waals surface area contributed by atoms with Crippen LogP contribution < -0.4 is 4.74 Å². The van der Waals surface area contributed by atoms with Gasteiger partial charge in [0.1, 0.15) is 24.0 Å². The molecule has 0 fully saturated rings. The second-order valence-corrected chi connectivity index (χ2v) is 5.64. The fraction of sp³-hybridized carbons (Fsp3) is 0.0455. The molecular formula is C22H15F2NO. The highest BCUT2D eigenvalue weighted by Gasteiger charge is 2.06. The van der Waals surface area contributed by atoms with Crippen molar-refractivity contribution >= 4 is 11.6 Å². The molecule has 0 saturated carbocycles. The molecule has 0 bridgehead atoms. The summed E-state index contributed by atoms with van der Waals surface area (Å²) in [5, 5.41) is 9.31. The summed E-state index contributed by atoms with van der Waals surface area (Å²) in [5.41, 5.74) is 2.00. The number of hydrogen-bond acceptors (Lipinski definition) is 2. The quantitative estimate of drug-likeness (QED) is 0.444. The summed E-state index contributed by atoms with van der Waals surface area (Å²) in [4.78, 5) is 0. The molecule has 0 aliphatic rings. The van der Waals surface area contributed by atoms with Crippen LogP contribution in [-0.4, -0.2) is 0 Å².